The van der Waals surface area contributed by atoms with Gasteiger partial charge in [0.15, 0.2) is 0 Å². The smallest absolute Gasteiger partial charge is 0.256 e. The average molecular weight is 378 g/mol. The largest absolute Gasteiger partial charge is 0.474 e. The van der Waals surface area contributed by atoms with E-state index in [4.69, 9.17) is 17.0 Å². The van der Waals surface area contributed by atoms with Crippen molar-refractivity contribution in [3.8, 4) is 5.69 Å². The molecular formula is C16H19FN6O2S. The van der Waals surface area contributed by atoms with E-state index in [2.05, 4.69) is 15.6 Å². The molecule has 1 N–H and O–H groups in total. The Bertz CT molecular complexity index is 827. The molecular weight excluding hydrogens is 359 g/mol. The molecule has 1 saturated heterocycles. The first kappa shape index (κ1) is 18.1. The number of anilines is 1. The van der Waals surface area contributed by atoms with Crippen LogP contribution >= 0.6 is 12.2 Å². The molecule has 26 heavy (non-hydrogen) atoms. The van der Waals surface area contributed by atoms with Gasteiger partial charge in [0.1, 0.15) is 11.5 Å². The Labute approximate surface area is 155 Å². The van der Waals surface area contributed by atoms with E-state index in [1.165, 1.54) is 17.9 Å². The fraction of sp³-hybridized carbons (Fsp3) is 0.375. The number of ether oxygens (including phenoxy) is 1. The summed E-state index contributed by atoms with van der Waals surface area (Å²) >= 11 is 4.89. The van der Waals surface area contributed by atoms with Crippen LogP contribution in [-0.4, -0.2) is 64.8 Å². The van der Waals surface area contributed by atoms with Gasteiger partial charge in [-0.3, -0.25) is 4.79 Å². The molecule has 0 spiro atoms. The molecule has 0 unspecified atom stereocenters. The maximum Gasteiger partial charge on any atom is 0.256 e. The van der Waals surface area contributed by atoms with Crippen LogP contribution in [0.3, 0.4) is 0 Å². The monoisotopic (exact) mass is 378 g/mol. The van der Waals surface area contributed by atoms with Crippen molar-refractivity contribution < 1.29 is 13.9 Å². The molecule has 0 atom stereocenters. The van der Waals surface area contributed by atoms with Crippen molar-refractivity contribution >= 4 is 29.0 Å². The Hall–Kier alpha value is -2.75. The fourth-order valence-electron chi connectivity index (χ4n) is 2.60. The third-order valence-electron chi connectivity index (χ3n) is 4.13. The summed E-state index contributed by atoms with van der Waals surface area (Å²) in [6.07, 6.45) is 1.68. The Morgan fingerprint density at radius 3 is 2.92 bits per heavy atom. The molecule has 0 bridgehead atoms. The van der Waals surface area contributed by atoms with Gasteiger partial charge in [-0.05, 0) is 24.4 Å². The zero-order chi connectivity index (χ0) is 18.7. The topological polar surface area (TPSA) is 75.5 Å². The standard InChI is InChI=1S/C16H19FN6O2S/c1-21-5-6-22(10-15(21)24)14-4-3-12(7-13(14)17)23-9-11(19-20-23)8-18-16(26)25-2/h3-4,7,9H,5-6,8,10H2,1-2H3,(H,18,26). The van der Waals surface area contributed by atoms with Gasteiger partial charge in [0.05, 0.1) is 37.8 Å². The molecule has 8 nitrogen and oxygen atoms in total. The molecule has 3 rings (SSSR count). The van der Waals surface area contributed by atoms with Crippen molar-refractivity contribution in [3.63, 3.8) is 0 Å². The summed E-state index contributed by atoms with van der Waals surface area (Å²) < 4.78 is 20.9. The van der Waals surface area contributed by atoms with Gasteiger partial charge < -0.3 is 19.9 Å². The van der Waals surface area contributed by atoms with Crippen molar-refractivity contribution in [1.29, 1.82) is 0 Å². The molecule has 1 aromatic carbocycles. The Kier molecular flexibility index (Phi) is 5.31. The first-order chi connectivity index (χ1) is 12.5. The highest BCUT2D eigenvalue weighted by molar-refractivity contribution is 7.80. The molecule has 1 aromatic heterocycles. The number of rotatable bonds is 4. The minimum absolute atomic E-state index is 0.0258. The summed E-state index contributed by atoms with van der Waals surface area (Å²) in [4.78, 5) is 15.2. The van der Waals surface area contributed by atoms with E-state index >= 15 is 0 Å². The van der Waals surface area contributed by atoms with Crippen LogP contribution in [0.1, 0.15) is 5.69 Å². The van der Waals surface area contributed by atoms with E-state index in [9.17, 15) is 9.18 Å². The van der Waals surface area contributed by atoms with Crippen LogP contribution in [0, 0.1) is 5.82 Å². The molecule has 1 aliphatic rings. The summed E-state index contributed by atoms with van der Waals surface area (Å²) in [5.74, 6) is -0.433. The predicted molar refractivity (Wildman–Crippen MR) is 97.6 cm³/mol. The van der Waals surface area contributed by atoms with Gasteiger partial charge in [-0.1, -0.05) is 5.21 Å². The predicted octanol–water partition coefficient (Wildman–Crippen LogP) is 0.706. The molecule has 0 saturated carbocycles. The van der Waals surface area contributed by atoms with E-state index in [1.54, 1.807) is 35.2 Å². The number of likely N-dealkylation sites (N-methyl/N-ethyl adjacent to an activating group) is 1. The lowest BCUT2D eigenvalue weighted by atomic mass is 10.2. The number of aromatic nitrogens is 3. The second-order valence-electron chi connectivity index (χ2n) is 5.87. The van der Waals surface area contributed by atoms with Gasteiger partial charge in [-0.2, -0.15) is 0 Å². The molecule has 10 heteroatoms. The molecule has 0 aliphatic carbocycles. The molecule has 1 amide bonds. The first-order valence-corrected chi connectivity index (χ1v) is 8.40. The summed E-state index contributed by atoms with van der Waals surface area (Å²) in [5.41, 5.74) is 1.58. The van der Waals surface area contributed by atoms with Crippen LogP contribution in [0.4, 0.5) is 10.1 Å². The van der Waals surface area contributed by atoms with E-state index in [0.29, 0.717) is 36.7 Å². The van der Waals surface area contributed by atoms with Crippen molar-refractivity contribution in [1.82, 2.24) is 25.2 Å². The maximum atomic E-state index is 14.6. The summed E-state index contributed by atoms with van der Waals surface area (Å²) in [5, 5.41) is 11.1. The highest BCUT2D eigenvalue weighted by Crippen LogP contribution is 2.23. The van der Waals surface area contributed by atoms with Crippen LogP contribution in [-0.2, 0) is 16.1 Å². The lowest BCUT2D eigenvalue weighted by molar-refractivity contribution is -0.129. The number of carbonyl (C=O) groups excluding carboxylic acids is 1. The van der Waals surface area contributed by atoms with Gasteiger partial charge in [0.25, 0.3) is 5.17 Å². The van der Waals surface area contributed by atoms with Crippen LogP contribution in [0.25, 0.3) is 5.69 Å². The Morgan fingerprint density at radius 1 is 1.42 bits per heavy atom. The van der Waals surface area contributed by atoms with Crippen molar-refractivity contribution in [2.45, 2.75) is 6.54 Å². The van der Waals surface area contributed by atoms with Crippen LogP contribution in [0.2, 0.25) is 0 Å². The van der Waals surface area contributed by atoms with E-state index in [1.807, 2.05) is 0 Å². The number of thiocarbonyl (C=S) groups is 1. The second kappa shape index (κ2) is 7.65. The fourth-order valence-corrected chi connectivity index (χ4v) is 2.67. The van der Waals surface area contributed by atoms with Crippen LogP contribution in [0.5, 0.6) is 0 Å². The molecule has 0 radical (unpaired) electrons. The molecule has 2 heterocycles. The number of hydrogen-bond donors (Lipinski definition) is 1. The number of hydrogen-bond acceptors (Lipinski definition) is 6. The summed E-state index contributed by atoms with van der Waals surface area (Å²) in [6.45, 7) is 1.70. The van der Waals surface area contributed by atoms with Gasteiger partial charge in [-0.25, -0.2) is 9.07 Å². The third kappa shape index (κ3) is 3.90. The quantitative estimate of drug-likeness (QED) is 0.785. The van der Waals surface area contributed by atoms with Crippen molar-refractivity contribution in [2.24, 2.45) is 0 Å². The van der Waals surface area contributed by atoms with Gasteiger partial charge >= 0.3 is 0 Å². The average Bonchev–Trinajstić information content (AvgIpc) is 3.11. The van der Waals surface area contributed by atoms with E-state index in [-0.39, 0.29) is 17.6 Å². The van der Waals surface area contributed by atoms with Crippen LogP contribution < -0.4 is 10.2 Å². The lowest BCUT2D eigenvalue weighted by Gasteiger charge is -2.33. The lowest BCUT2D eigenvalue weighted by Crippen LogP contribution is -2.48. The van der Waals surface area contributed by atoms with Gasteiger partial charge in [-0.15, -0.1) is 5.10 Å². The number of methoxy groups -OCH3 is 1. The number of halogens is 1. The zero-order valence-corrected chi connectivity index (χ0v) is 15.3. The summed E-state index contributed by atoms with van der Waals surface area (Å²) in [6, 6.07) is 4.78. The Balaban J connectivity index is 1.72. The minimum Gasteiger partial charge on any atom is -0.474 e. The number of amides is 1. The normalized spacial score (nSPS) is 14.5. The minimum atomic E-state index is -0.407. The molecule has 1 aliphatic heterocycles. The number of benzene rings is 1. The molecule has 138 valence electrons. The van der Waals surface area contributed by atoms with Gasteiger partial charge in [0.2, 0.25) is 5.91 Å². The van der Waals surface area contributed by atoms with Gasteiger partial charge in [0, 0.05) is 26.2 Å². The van der Waals surface area contributed by atoms with Crippen LogP contribution in [0.15, 0.2) is 24.4 Å². The third-order valence-corrected chi connectivity index (χ3v) is 4.44. The SMILES string of the molecule is COC(=S)NCc1cn(-c2ccc(N3CCN(C)C(=O)C3)c(F)c2)nn1. The first-order valence-electron chi connectivity index (χ1n) is 8.00. The number of carbonyl (C=O) groups is 1. The van der Waals surface area contributed by atoms with E-state index < -0.39 is 5.82 Å². The Morgan fingerprint density at radius 2 is 2.23 bits per heavy atom. The maximum absolute atomic E-state index is 14.6. The van der Waals surface area contributed by atoms with Crippen molar-refractivity contribution in [3.05, 3.63) is 35.9 Å². The number of nitrogens with zero attached hydrogens (tertiary/aromatic N) is 5. The summed E-state index contributed by atoms with van der Waals surface area (Å²) in [7, 11) is 3.22. The highest BCUT2D eigenvalue weighted by Gasteiger charge is 2.23. The van der Waals surface area contributed by atoms with Crippen molar-refractivity contribution in [2.75, 3.05) is 38.7 Å². The highest BCUT2D eigenvalue weighted by atomic mass is 32.1. The zero-order valence-electron chi connectivity index (χ0n) is 14.5. The number of piperazine rings is 1. The number of nitrogens with one attached hydrogen (secondary N) is 1. The molecule has 2 aromatic rings. The van der Waals surface area contributed by atoms with E-state index in [0.717, 1.165) is 0 Å². The molecule has 1 fully saturated rings. The second-order valence-corrected chi connectivity index (χ2v) is 6.24.